The van der Waals surface area contributed by atoms with E-state index in [0.29, 0.717) is 36.7 Å². The molecule has 3 rings (SSSR count). The zero-order valence-electron chi connectivity index (χ0n) is 14.5. The third-order valence-electron chi connectivity index (χ3n) is 4.08. The van der Waals surface area contributed by atoms with E-state index in [1.165, 1.54) is 18.3 Å². The van der Waals surface area contributed by atoms with Crippen molar-refractivity contribution in [3.63, 3.8) is 0 Å². The Bertz CT molecular complexity index is 967. The predicted molar refractivity (Wildman–Crippen MR) is 91.6 cm³/mol. The highest BCUT2D eigenvalue weighted by atomic mass is 19.4. The van der Waals surface area contributed by atoms with Crippen LogP contribution in [0.3, 0.4) is 0 Å². The van der Waals surface area contributed by atoms with Crippen LogP contribution in [0.5, 0.6) is 5.75 Å². The van der Waals surface area contributed by atoms with E-state index in [9.17, 15) is 26.3 Å². The van der Waals surface area contributed by atoms with E-state index in [1.54, 1.807) is 12.1 Å². The van der Waals surface area contributed by atoms with E-state index in [2.05, 4.69) is 10.3 Å². The number of aromatic nitrogens is 1. The molecule has 0 saturated carbocycles. The standard InChI is InChI=1S/C19H16F6N2O/c20-14-7-15(21)18-16(17(14)22)12(9-27-18)4-5-26-8-11-2-1-3-13(6-11)28-10-19(23,24)25/h1-3,6-7,9,26-27H,4-5,8,10H2. The smallest absolute Gasteiger partial charge is 0.422 e. The molecule has 1 heterocycles. The van der Waals surface area contributed by atoms with E-state index < -0.39 is 30.2 Å². The Labute approximate surface area is 156 Å². The average molecular weight is 402 g/mol. The zero-order chi connectivity index (χ0) is 20.3. The summed E-state index contributed by atoms with van der Waals surface area (Å²) in [7, 11) is 0. The van der Waals surface area contributed by atoms with Crippen molar-refractivity contribution in [1.82, 2.24) is 10.3 Å². The van der Waals surface area contributed by atoms with Gasteiger partial charge in [-0.05, 0) is 36.2 Å². The molecule has 0 aliphatic carbocycles. The van der Waals surface area contributed by atoms with Crippen molar-refractivity contribution in [3.8, 4) is 5.75 Å². The summed E-state index contributed by atoms with van der Waals surface area (Å²) in [5, 5.41) is 2.93. The molecule has 0 saturated heterocycles. The molecule has 2 N–H and O–H groups in total. The quantitative estimate of drug-likeness (QED) is 0.337. The highest BCUT2D eigenvalue weighted by Gasteiger charge is 2.28. The van der Waals surface area contributed by atoms with Gasteiger partial charge in [-0.25, -0.2) is 13.2 Å². The van der Waals surface area contributed by atoms with Gasteiger partial charge in [-0.2, -0.15) is 13.2 Å². The van der Waals surface area contributed by atoms with Crippen LogP contribution in [-0.4, -0.2) is 24.3 Å². The van der Waals surface area contributed by atoms with Crippen molar-refractivity contribution in [1.29, 1.82) is 0 Å². The lowest BCUT2D eigenvalue weighted by atomic mass is 10.1. The number of hydrogen-bond donors (Lipinski definition) is 2. The Morgan fingerprint density at radius 2 is 1.82 bits per heavy atom. The molecule has 2 aromatic carbocycles. The Balaban J connectivity index is 1.58. The lowest BCUT2D eigenvalue weighted by Gasteiger charge is -2.10. The van der Waals surface area contributed by atoms with Crippen LogP contribution in [-0.2, 0) is 13.0 Å². The van der Waals surface area contributed by atoms with Crippen molar-refractivity contribution in [3.05, 3.63) is 65.1 Å². The van der Waals surface area contributed by atoms with Gasteiger partial charge in [-0.1, -0.05) is 12.1 Å². The molecule has 1 aromatic heterocycles. The normalized spacial score (nSPS) is 11.9. The highest BCUT2D eigenvalue weighted by molar-refractivity contribution is 5.84. The van der Waals surface area contributed by atoms with Crippen LogP contribution in [0.4, 0.5) is 26.3 Å². The molecular formula is C19H16F6N2O. The van der Waals surface area contributed by atoms with Crippen LogP contribution in [0, 0.1) is 17.5 Å². The minimum absolute atomic E-state index is 0.0941. The first-order valence-electron chi connectivity index (χ1n) is 8.37. The topological polar surface area (TPSA) is 37.0 Å². The lowest BCUT2D eigenvalue weighted by molar-refractivity contribution is -0.153. The molecule has 3 aromatic rings. The fourth-order valence-electron chi connectivity index (χ4n) is 2.83. The van der Waals surface area contributed by atoms with E-state index in [1.807, 2.05) is 0 Å². The second-order valence-electron chi connectivity index (χ2n) is 6.20. The van der Waals surface area contributed by atoms with E-state index >= 15 is 0 Å². The first kappa shape index (κ1) is 20.1. The summed E-state index contributed by atoms with van der Waals surface area (Å²) in [5.74, 6) is -3.14. The van der Waals surface area contributed by atoms with E-state index in [-0.39, 0.29) is 16.7 Å². The lowest BCUT2D eigenvalue weighted by Crippen LogP contribution is -2.19. The molecule has 0 fully saturated rings. The predicted octanol–water partition coefficient (Wildman–Crippen LogP) is 4.86. The largest absolute Gasteiger partial charge is 0.484 e. The maximum Gasteiger partial charge on any atom is 0.422 e. The number of H-pyrrole nitrogens is 1. The maximum atomic E-state index is 14.0. The summed E-state index contributed by atoms with van der Waals surface area (Å²) in [6.07, 6.45) is -2.70. The minimum atomic E-state index is -4.41. The Morgan fingerprint density at radius 3 is 2.57 bits per heavy atom. The first-order chi connectivity index (χ1) is 13.2. The molecule has 0 bridgehead atoms. The van der Waals surface area contributed by atoms with Crippen LogP contribution < -0.4 is 10.1 Å². The maximum absolute atomic E-state index is 14.0. The van der Waals surface area contributed by atoms with Crippen LogP contribution in [0.2, 0.25) is 0 Å². The summed E-state index contributed by atoms with van der Waals surface area (Å²) < 4.78 is 82.4. The summed E-state index contributed by atoms with van der Waals surface area (Å²) in [6, 6.07) is 6.68. The van der Waals surface area contributed by atoms with Gasteiger partial charge >= 0.3 is 6.18 Å². The number of aromatic amines is 1. The number of rotatable bonds is 7. The van der Waals surface area contributed by atoms with Crippen LogP contribution >= 0.6 is 0 Å². The molecule has 28 heavy (non-hydrogen) atoms. The molecule has 9 heteroatoms. The van der Waals surface area contributed by atoms with Crippen LogP contribution in [0.1, 0.15) is 11.1 Å². The monoisotopic (exact) mass is 402 g/mol. The Kier molecular flexibility index (Phi) is 5.83. The number of hydrogen-bond acceptors (Lipinski definition) is 2. The van der Waals surface area contributed by atoms with E-state index in [4.69, 9.17) is 4.74 Å². The molecule has 0 aliphatic rings. The van der Waals surface area contributed by atoms with Crippen molar-refractivity contribution in [2.24, 2.45) is 0 Å². The van der Waals surface area contributed by atoms with Crippen LogP contribution in [0.25, 0.3) is 10.9 Å². The summed E-state index contributed by atoms with van der Waals surface area (Å²) in [6.45, 7) is -0.682. The van der Waals surface area contributed by atoms with Gasteiger partial charge in [0.15, 0.2) is 18.2 Å². The molecular weight excluding hydrogens is 386 g/mol. The first-order valence-corrected chi connectivity index (χ1v) is 8.37. The van der Waals surface area contributed by atoms with Crippen molar-refractivity contribution >= 4 is 10.9 Å². The Morgan fingerprint density at radius 1 is 1.04 bits per heavy atom. The minimum Gasteiger partial charge on any atom is -0.484 e. The number of fused-ring (bicyclic) bond motifs is 1. The summed E-state index contributed by atoms with van der Waals surface area (Å²) >= 11 is 0. The number of nitrogens with one attached hydrogen (secondary N) is 2. The third kappa shape index (κ3) is 4.78. The van der Waals surface area contributed by atoms with Gasteiger partial charge in [0.1, 0.15) is 11.6 Å². The van der Waals surface area contributed by atoms with Crippen molar-refractivity contribution < 1.29 is 31.1 Å². The average Bonchev–Trinajstić information content (AvgIpc) is 3.06. The zero-order valence-corrected chi connectivity index (χ0v) is 14.5. The molecule has 0 spiro atoms. The molecule has 0 atom stereocenters. The fourth-order valence-corrected chi connectivity index (χ4v) is 2.83. The number of alkyl halides is 3. The molecule has 150 valence electrons. The molecule has 3 nitrogen and oxygen atoms in total. The number of benzene rings is 2. The van der Waals surface area contributed by atoms with Crippen molar-refractivity contribution in [2.45, 2.75) is 19.1 Å². The van der Waals surface area contributed by atoms with Gasteiger partial charge in [0.2, 0.25) is 0 Å². The van der Waals surface area contributed by atoms with Gasteiger partial charge in [-0.15, -0.1) is 0 Å². The van der Waals surface area contributed by atoms with E-state index in [0.717, 1.165) is 0 Å². The van der Waals surface area contributed by atoms with Crippen molar-refractivity contribution in [2.75, 3.05) is 13.2 Å². The number of ether oxygens (including phenoxy) is 1. The Hall–Kier alpha value is -2.68. The van der Waals surface area contributed by atoms with Gasteiger partial charge in [-0.3, -0.25) is 0 Å². The number of halogens is 6. The summed E-state index contributed by atoms with van der Waals surface area (Å²) in [5.41, 5.74) is 1.02. The van der Waals surface area contributed by atoms with Crippen LogP contribution in [0.15, 0.2) is 36.5 Å². The van der Waals surface area contributed by atoms with Gasteiger partial charge in [0.05, 0.1) is 5.52 Å². The van der Waals surface area contributed by atoms with Gasteiger partial charge in [0, 0.05) is 24.2 Å². The molecule has 0 radical (unpaired) electrons. The van der Waals surface area contributed by atoms with Gasteiger partial charge < -0.3 is 15.0 Å². The third-order valence-corrected chi connectivity index (χ3v) is 4.08. The van der Waals surface area contributed by atoms with Gasteiger partial charge in [0.25, 0.3) is 0 Å². The summed E-state index contributed by atoms with van der Waals surface area (Å²) in [4.78, 5) is 2.60. The SMILES string of the molecule is Fc1cc(F)c2[nH]cc(CCNCc3cccc(OCC(F)(F)F)c3)c2c1F. The molecule has 0 amide bonds. The second-order valence-corrected chi connectivity index (χ2v) is 6.20. The fraction of sp³-hybridized carbons (Fsp3) is 0.263. The molecule has 0 aliphatic heterocycles. The highest BCUT2D eigenvalue weighted by Crippen LogP contribution is 2.26. The molecule has 0 unspecified atom stereocenters. The second kappa shape index (κ2) is 8.14.